The number of likely N-dealkylation sites (tertiary alicyclic amines) is 1. The summed E-state index contributed by atoms with van der Waals surface area (Å²) in [6, 6.07) is 5.55. The van der Waals surface area contributed by atoms with Gasteiger partial charge in [-0.2, -0.15) is 0 Å². The van der Waals surface area contributed by atoms with Crippen molar-refractivity contribution in [3.05, 3.63) is 34.3 Å². The zero-order chi connectivity index (χ0) is 13.8. The number of primary amides is 1. The van der Waals surface area contributed by atoms with Crippen LogP contribution in [0.15, 0.2) is 18.2 Å². The number of hydrogen-bond acceptors (Lipinski definition) is 3. The number of carbonyl (C=O) groups is 1. The first kappa shape index (κ1) is 14.3. The van der Waals surface area contributed by atoms with Crippen molar-refractivity contribution < 1.29 is 4.79 Å². The van der Waals surface area contributed by atoms with Gasteiger partial charge in [0.2, 0.25) is 5.91 Å². The third kappa shape index (κ3) is 3.47. The minimum Gasteiger partial charge on any atom is -0.366 e. The molecule has 0 aromatic heterocycles. The summed E-state index contributed by atoms with van der Waals surface area (Å²) >= 11 is 6.21. The summed E-state index contributed by atoms with van der Waals surface area (Å²) in [4.78, 5) is 13.5. The van der Waals surface area contributed by atoms with E-state index in [9.17, 15) is 4.79 Å². The second kappa shape index (κ2) is 6.37. The van der Waals surface area contributed by atoms with Crippen LogP contribution >= 0.6 is 11.6 Å². The van der Waals surface area contributed by atoms with E-state index < -0.39 is 5.91 Å². The third-order valence-corrected chi connectivity index (χ3v) is 4.07. The Morgan fingerprint density at radius 3 is 2.58 bits per heavy atom. The molecule has 1 aromatic carbocycles. The van der Waals surface area contributed by atoms with Crippen LogP contribution in [-0.4, -0.2) is 36.5 Å². The molecule has 1 aliphatic rings. The molecule has 0 unspecified atom stereocenters. The van der Waals surface area contributed by atoms with Gasteiger partial charge in [-0.3, -0.25) is 9.69 Å². The van der Waals surface area contributed by atoms with Gasteiger partial charge in [-0.1, -0.05) is 17.7 Å². The first-order chi connectivity index (χ1) is 9.11. The first-order valence-electron chi connectivity index (χ1n) is 6.64. The van der Waals surface area contributed by atoms with E-state index in [1.807, 2.05) is 6.07 Å². The molecule has 0 bridgehead atoms. The predicted octanol–water partition coefficient (Wildman–Crippen LogP) is 1.40. The molecule has 5 heteroatoms. The van der Waals surface area contributed by atoms with Crippen molar-refractivity contribution in [3.63, 3.8) is 0 Å². The van der Waals surface area contributed by atoms with E-state index in [4.69, 9.17) is 23.1 Å². The molecule has 1 aliphatic heterocycles. The molecular weight excluding hydrogens is 262 g/mol. The summed E-state index contributed by atoms with van der Waals surface area (Å²) < 4.78 is 0. The summed E-state index contributed by atoms with van der Waals surface area (Å²) in [5.41, 5.74) is 12.6. The van der Waals surface area contributed by atoms with Crippen LogP contribution < -0.4 is 11.5 Å². The fourth-order valence-corrected chi connectivity index (χ4v) is 2.85. The molecular formula is C14H20ClN3O. The van der Waals surface area contributed by atoms with Crippen LogP contribution in [0.1, 0.15) is 28.8 Å². The van der Waals surface area contributed by atoms with Gasteiger partial charge in [-0.15, -0.1) is 0 Å². The number of amides is 1. The maximum absolute atomic E-state index is 11.1. The molecule has 1 fully saturated rings. The molecule has 104 valence electrons. The maximum atomic E-state index is 11.1. The normalized spacial score (nSPS) is 17.6. The van der Waals surface area contributed by atoms with Crippen molar-refractivity contribution in [1.29, 1.82) is 0 Å². The predicted molar refractivity (Wildman–Crippen MR) is 77.3 cm³/mol. The summed E-state index contributed by atoms with van der Waals surface area (Å²) in [6.45, 7) is 2.84. The average Bonchev–Trinajstić information content (AvgIpc) is 2.91. The molecule has 1 aromatic rings. The quantitative estimate of drug-likeness (QED) is 0.857. The van der Waals surface area contributed by atoms with Gasteiger partial charge in [0, 0.05) is 23.2 Å². The molecule has 4 N–H and O–H groups in total. The number of benzene rings is 1. The summed E-state index contributed by atoms with van der Waals surface area (Å²) in [5, 5.41) is 0.592. The van der Waals surface area contributed by atoms with Crippen LogP contribution in [0, 0.1) is 0 Å². The van der Waals surface area contributed by atoms with Crippen LogP contribution in [0.4, 0.5) is 0 Å². The van der Waals surface area contributed by atoms with Crippen LogP contribution in [-0.2, 0) is 6.42 Å². The highest BCUT2D eigenvalue weighted by molar-refractivity contribution is 6.31. The number of nitrogens with two attached hydrogens (primary N) is 2. The highest BCUT2D eigenvalue weighted by Gasteiger charge is 2.21. The monoisotopic (exact) mass is 281 g/mol. The molecule has 0 aliphatic carbocycles. The highest BCUT2D eigenvalue weighted by Crippen LogP contribution is 2.22. The van der Waals surface area contributed by atoms with E-state index in [0.717, 1.165) is 25.1 Å². The van der Waals surface area contributed by atoms with Gasteiger partial charge >= 0.3 is 0 Å². The van der Waals surface area contributed by atoms with Gasteiger partial charge < -0.3 is 11.5 Å². The van der Waals surface area contributed by atoms with Gasteiger partial charge in [0.25, 0.3) is 0 Å². The van der Waals surface area contributed by atoms with Crippen molar-refractivity contribution in [3.8, 4) is 0 Å². The van der Waals surface area contributed by atoms with E-state index in [2.05, 4.69) is 4.90 Å². The summed E-state index contributed by atoms with van der Waals surface area (Å²) in [5.74, 6) is -0.455. The number of carbonyl (C=O) groups excluding carboxylic acids is 1. The molecule has 4 nitrogen and oxygen atoms in total. The molecule has 1 atom stereocenters. The van der Waals surface area contributed by atoms with Crippen molar-refractivity contribution in [2.75, 3.05) is 19.6 Å². The van der Waals surface area contributed by atoms with E-state index in [1.54, 1.807) is 12.1 Å². The Morgan fingerprint density at radius 1 is 1.37 bits per heavy atom. The number of rotatable bonds is 5. The zero-order valence-corrected chi connectivity index (χ0v) is 11.7. The lowest BCUT2D eigenvalue weighted by molar-refractivity contribution is 0.100. The minimum absolute atomic E-state index is 0.319. The van der Waals surface area contributed by atoms with Gasteiger partial charge in [0.05, 0.1) is 0 Å². The molecule has 1 saturated heterocycles. The standard InChI is InChI=1S/C14H20ClN3O/c15-13-8-11(14(17)19)4-3-10(13)7-12(9-16)18-5-1-2-6-18/h3-4,8,12H,1-2,5-7,9,16H2,(H2,17,19)/t12-/m0/s1. The van der Waals surface area contributed by atoms with Crippen LogP contribution in [0.25, 0.3) is 0 Å². The van der Waals surface area contributed by atoms with Gasteiger partial charge in [0.15, 0.2) is 0 Å². The summed E-state index contributed by atoms with van der Waals surface area (Å²) in [7, 11) is 0. The van der Waals surface area contributed by atoms with Crippen molar-refractivity contribution >= 4 is 17.5 Å². The topological polar surface area (TPSA) is 72.3 Å². The van der Waals surface area contributed by atoms with E-state index in [-0.39, 0.29) is 0 Å². The second-order valence-electron chi connectivity index (χ2n) is 5.01. The Balaban J connectivity index is 2.10. The van der Waals surface area contributed by atoms with Crippen LogP contribution in [0.5, 0.6) is 0 Å². The number of nitrogens with zero attached hydrogens (tertiary/aromatic N) is 1. The molecule has 2 rings (SSSR count). The lowest BCUT2D eigenvalue weighted by Gasteiger charge is -2.26. The Bertz CT molecular complexity index is 458. The second-order valence-corrected chi connectivity index (χ2v) is 5.41. The molecule has 0 radical (unpaired) electrons. The average molecular weight is 282 g/mol. The lowest BCUT2D eigenvalue weighted by atomic mass is 10.0. The van der Waals surface area contributed by atoms with Crippen molar-refractivity contribution in [1.82, 2.24) is 4.90 Å². The summed E-state index contributed by atoms with van der Waals surface area (Å²) in [6.07, 6.45) is 3.30. The Kier molecular flexibility index (Phi) is 4.80. The SMILES string of the molecule is NC[C@H](Cc1ccc(C(N)=O)cc1Cl)N1CCCC1. The van der Waals surface area contributed by atoms with Crippen LogP contribution in [0.2, 0.25) is 5.02 Å². The Hall–Kier alpha value is -1.10. The molecule has 0 saturated carbocycles. The highest BCUT2D eigenvalue weighted by atomic mass is 35.5. The molecule has 1 amide bonds. The van der Waals surface area contributed by atoms with Crippen molar-refractivity contribution in [2.45, 2.75) is 25.3 Å². The van der Waals surface area contributed by atoms with Crippen LogP contribution in [0.3, 0.4) is 0 Å². The number of halogens is 1. The maximum Gasteiger partial charge on any atom is 0.248 e. The Morgan fingerprint density at radius 2 is 2.05 bits per heavy atom. The fraction of sp³-hybridized carbons (Fsp3) is 0.500. The fourth-order valence-electron chi connectivity index (χ4n) is 2.59. The largest absolute Gasteiger partial charge is 0.366 e. The first-order valence-corrected chi connectivity index (χ1v) is 7.02. The van der Waals surface area contributed by atoms with E-state index in [1.165, 1.54) is 12.8 Å². The minimum atomic E-state index is -0.455. The molecule has 1 heterocycles. The zero-order valence-electron chi connectivity index (χ0n) is 10.9. The Labute approximate surface area is 118 Å². The van der Waals surface area contributed by atoms with Crippen molar-refractivity contribution in [2.24, 2.45) is 11.5 Å². The smallest absolute Gasteiger partial charge is 0.248 e. The molecule has 19 heavy (non-hydrogen) atoms. The van der Waals surface area contributed by atoms with Gasteiger partial charge in [0.1, 0.15) is 0 Å². The third-order valence-electron chi connectivity index (χ3n) is 3.72. The van der Waals surface area contributed by atoms with E-state index in [0.29, 0.717) is 23.2 Å². The van der Waals surface area contributed by atoms with Gasteiger partial charge in [-0.05, 0) is 50.0 Å². The van der Waals surface area contributed by atoms with E-state index >= 15 is 0 Å². The molecule has 0 spiro atoms. The number of hydrogen-bond donors (Lipinski definition) is 2. The lowest BCUT2D eigenvalue weighted by Crippen LogP contribution is -2.40. The van der Waals surface area contributed by atoms with Gasteiger partial charge in [-0.25, -0.2) is 0 Å².